The molecule has 0 unspecified atom stereocenters. The lowest BCUT2D eigenvalue weighted by Gasteiger charge is -2.14. The number of carbonyl (C=O) groups excluding carboxylic acids is 1. The Morgan fingerprint density at radius 3 is 2.55 bits per heavy atom. The van der Waals surface area contributed by atoms with Gasteiger partial charge in [0.25, 0.3) is 5.56 Å². The third-order valence-electron chi connectivity index (χ3n) is 4.96. The molecule has 0 bridgehead atoms. The summed E-state index contributed by atoms with van der Waals surface area (Å²) in [6, 6.07) is 16.5. The molecule has 1 amide bonds. The number of anilines is 1. The number of rotatable bonds is 6. The van der Waals surface area contributed by atoms with Gasteiger partial charge in [0.1, 0.15) is 0 Å². The van der Waals surface area contributed by atoms with E-state index in [1.807, 2.05) is 30.3 Å². The zero-order valence-electron chi connectivity index (χ0n) is 17.9. The molecule has 2 aromatic carbocycles. The predicted molar refractivity (Wildman–Crippen MR) is 135 cm³/mol. The zero-order chi connectivity index (χ0) is 23.5. The number of hydrogen-bond acceptors (Lipinski definition) is 5. The van der Waals surface area contributed by atoms with Gasteiger partial charge in [0.2, 0.25) is 5.91 Å². The van der Waals surface area contributed by atoms with E-state index in [1.54, 1.807) is 18.2 Å². The summed E-state index contributed by atoms with van der Waals surface area (Å²) in [7, 11) is 0. The lowest BCUT2D eigenvalue weighted by Crippen LogP contribution is -2.23. The molecule has 4 rings (SSSR count). The fourth-order valence-electron chi connectivity index (χ4n) is 3.25. The summed E-state index contributed by atoms with van der Waals surface area (Å²) in [5, 5.41) is 4.21. The molecule has 33 heavy (non-hydrogen) atoms. The van der Waals surface area contributed by atoms with Crippen LogP contribution in [0.5, 0.6) is 0 Å². The molecule has 0 saturated heterocycles. The molecule has 2 aromatic heterocycles. The predicted octanol–water partition coefficient (Wildman–Crippen LogP) is 5.94. The first-order chi connectivity index (χ1) is 15.8. The van der Waals surface area contributed by atoms with E-state index in [2.05, 4.69) is 29.1 Å². The number of pyridine rings is 1. The van der Waals surface area contributed by atoms with Crippen molar-refractivity contribution in [1.29, 1.82) is 0 Å². The maximum absolute atomic E-state index is 13.3. The summed E-state index contributed by atoms with van der Waals surface area (Å²) in [5.74, 6) is 0.271. The van der Waals surface area contributed by atoms with Gasteiger partial charge >= 0.3 is 0 Å². The number of carbonyl (C=O) groups is 1. The second-order valence-electron chi connectivity index (χ2n) is 7.62. The number of nitrogens with zero attached hydrogens (tertiary/aromatic N) is 3. The van der Waals surface area contributed by atoms with Gasteiger partial charge in [-0.25, -0.2) is 9.97 Å². The first-order valence-corrected chi connectivity index (χ1v) is 11.9. The lowest BCUT2D eigenvalue weighted by molar-refractivity contribution is -0.113. The van der Waals surface area contributed by atoms with Crippen molar-refractivity contribution in [3.8, 4) is 5.69 Å². The molecule has 0 aliphatic rings. The molecule has 0 atom stereocenters. The fourth-order valence-corrected chi connectivity index (χ4v) is 4.49. The summed E-state index contributed by atoms with van der Waals surface area (Å²) < 4.78 is 1.54. The number of aromatic nitrogens is 3. The van der Waals surface area contributed by atoms with Crippen LogP contribution in [0.2, 0.25) is 10.0 Å². The molecule has 168 valence electrons. The van der Waals surface area contributed by atoms with Crippen LogP contribution >= 0.6 is 35.0 Å². The van der Waals surface area contributed by atoms with Crippen LogP contribution in [0.3, 0.4) is 0 Å². The lowest BCUT2D eigenvalue weighted by atomic mass is 10.0. The number of thioether (sulfide) groups is 1. The molecule has 9 heteroatoms. The van der Waals surface area contributed by atoms with Crippen molar-refractivity contribution in [3.05, 3.63) is 86.8 Å². The molecule has 0 spiro atoms. The van der Waals surface area contributed by atoms with E-state index in [1.165, 1.54) is 22.4 Å². The first kappa shape index (κ1) is 23.3. The molecule has 4 aromatic rings. The summed E-state index contributed by atoms with van der Waals surface area (Å²) in [6.45, 7) is 4.22. The third-order valence-corrected chi connectivity index (χ3v) is 6.39. The van der Waals surface area contributed by atoms with E-state index < -0.39 is 0 Å². The summed E-state index contributed by atoms with van der Waals surface area (Å²) in [6.07, 6.45) is 1.40. The van der Waals surface area contributed by atoms with Gasteiger partial charge in [-0.2, -0.15) is 0 Å². The SMILES string of the molecule is CC(C)c1ccc(-n2c(SCC(=O)Nc3ncc(Cl)cc3Cl)nc3ccccc3c2=O)cc1. The third kappa shape index (κ3) is 5.21. The van der Waals surface area contributed by atoms with Crippen LogP contribution in [-0.2, 0) is 4.79 Å². The van der Waals surface area contributed by atoms with E-state index in [9.17, 15) is 9.59 Å². The maximum Gasteiger partial charge on any atom is 0.266 e. The number of fused-ring (bicyclic) bond motifs is 1. The Morgan fingerprint density at radius 1 is 1.12 bits per heavy atom. The smallest absolute Gasteiger partial charge is 0.266 e. The highest BCUT2D eigenvalue weighted by molar-refractivity contribution is 7.99. The van der Waals surface area contributed by atoms with Gasteiger partial charge in [-0.1, -0.05) is 73.1 Å². The number of para-hydroxylation sites is 1. The molecule has 0 saturated carbocycles. The van der Waals surface area contributed by atoms with Crippen molar-refractivity contribution in [3.63, 3.8) is 0 Å². The molecule has 0 aliphatic carbocycles. The van der Waals surface area contributed by atoms with Crippen molar-refractivity contribution >= 4 is 57.6 Å². The van der Waals surface area contributed by atoms with Gasteiger partial charge in [0.05, 0.1) is 32.4 Å². The number of nitrogens with one attached hydrogen (secondary N) is 1. The minimum absolute atomic E-state index is 0.00942. The molecule has 6 nitrogen and oxygen atoms in total. The first-order valence-electron chi connectivity index (χ1n) is 10.2. The van der Waals surface area contributed by atoms with Crippen LogP contribution < -0.4 is 10.9 Å². The van der Waals surface area contributed by atoms with Crippen molar-refractivity contribution in [2.75, 3.05) is 11.1 Å². The van der Waals surface area contributed by atoms with E-state index in [0.717, 1.165) is 11.8 Å². The molecule has 0 radical (unpaired) electrons. The maximum atomic E-state index is 13.3. The van der Waals surface area contributed by atoms with Crippen molar-refractivity contribution in [1.82, 2.24) is 14.5 Å². The van der Waals surface area contributed by atoms with Crippen LogP contribution in [0, 0.1) is 0 Å². The highest BCUT2D eigenvalue weighted by atomic mass is 35.5. The number of halogens is 2. The Bertz CT molecular complexity index is 1390. The number of benzene rings is 2. The molecular weight excluding hydrogens is 479 g/mol. The van der Waals surface area contributed by atoms with E-state index in [0.29, 0.717) is 32.7 Å². The highest BCUT2D eigenvalue weighted by Gasteiger charge is 2.16. The quantitative estimate of drug-likeness (QED) is 0.262. The van der Waals surface area contributed by atoms with Gasteiger partial charge < -0.3 is 5.32 Å². The Balaban J connectivity index is 1.66. The van der Waals surface area contributed by atoms with Gasteiger partial charge in [-0.3, -0.25) is 14.2 Å². The normalized spacial score (nSPS) is 11.2. The van der Waals surface area contributed by atoms with E-state index in [4.69, 9.17) is 23.2 Å². The Kier molecular flexibility index (Phi) is 7.02. The van der Waals surface area contributed by atoms with Crippen LogP contribution in [-0.4, -0.2) is 26.2 Å². The molecule has 0 fully saturated rings. The van der Waals surface area contributed by atoms with Crippen LogP contribution in [0.1, 0.15) is 25.3 Å². The van der Waals surface area contributed by atoms with Crippen LogP contribution in [0.4, 0.5) is 5.82 Å². The van der Waals surface area contributed by atoms with Crippen LogP contribution in [0.25, 0.3) is 16.6 Å². The largest absolute Gasteiger partial charge is 0.309 e. The molecule has 2 heterocycles. The minimum atomic E-state index is -0.333. The van der Waals surface area contributed by atoms with Crippen LogP contribution in [0.15, 0.2) is 70.7 Å². The highest BCUT2D eigenvalue weighted by Crippen LogP contribution is 2.25. The number of hydrogen-bond donors (Lipinski definition) is 1. The Hall–Kier alpha value is -2.87. The molecular formula is C24H20Cl2N4O2S. The van der Waals surface area contributed by atoms with E-state index >= 15 is 0 Å². The van der Waals surface area contributed by atoms with Gasteiger partial charge in [-0.15, -0.1) is 0 Å². The second kappa shape index (κ2) is 9.95. The Labute approximate surface area is 205 Å². The summed E-state index contributed by atoms with van der Waals surface area (Å²) >= 11 is 13.1. The average molecular weight is 499 g/mol. The summed E-state index contributed by atoms with van der Waals surface area (Å²) in [4.78, 5) is 34.6. The number of amides is 1. The average Bonchev–Trinajstić information content (AvgIpc) is 2.80. The standard InChI is InChI=1S/C24H20Cl2N4O2S/c1-14(2)15-7-9-17(10-8-15)30-23(32)18-5-3-4-6-20(18)28-24(30)33-13-21(31)29-22-19(26)11-16(25)12-27-22/h3-12,14H,13H2,1-2H3,(H,27,29,31). The topological polar surface area (TPSA) is 76.9 Å². The molecule has 1 N–H and O–H groups in total. The monoisotopic (exact) mass is 498 g/mol. The van der Waals surface area contributed by atoms with E-state index in [-0.39, 0.29) is 28.1 Å². The summed E-state index contributed by atoms with van der Waals surface area (Å²) in [5.41, 5.74) is 2.24. The van der Waals surface area contributed by atoms with Crippen molar-refractivity contribution in [2.24, 2.45) is 0 Å². The van der Waals surface area contributed by atoms with Crippen molar-refractivity contribution < 1.29 is 4.79 Å². The second-order valence-corrected chi connectivity index (χ2v) is 9.41. The Morgan fingerprint density at radius 2 is 1.85 bits per heavy atom. The van der Waals surface area contributed by atoms with Gasteiger partial charge in [0.15, 0.2) is 11.0 Å². The zero-order valence-corrected chi connectivity index (χ0v) is 20.2. The fraction of sp³-hybridized carbons (Fsp3) is 0.167. The molecule has 0 aliphatic heterocycles. The van der Waals surface area contributed by atoms with Gasteiger partial charge in [0, 0.05) is 6.20 Å². The van der Waals surface area contributed by atoms with Crippen molar-refractivity contribution in [2.45, 2.75) is 24.9 Å². The minimum Gasteiger partial charge on any atom is -0.309 e. The van der Waals surface area contributed by atoms with Gasteiger partial charge in [-0.05, 0) is 41.8 Å².